The van der Waals surface area contributed by atoms with Crippen LogP contribution in [-0.4, -0.2) is 12.3 Å². The molecule has 0 spiro atoms. The van der Waals surface area contributed by atoms with E-state index in [9.17, 15) is 9.59 Å². The third-order valence-corrected chi connectivity index (χ3v) is 3.52. The summed E-state index contributed by atoms with van der Waals surface area (Å²) >= 11 is 5.82. The van der Waals surface area contributed by atoms with Crippen molar-refractivity contribution in [1.29, 1.82) is 0 Å². The Balaban J connectivity index is 1.91. The molecular weight excluding hydrogens is 300 g/mol. The molecule has 0 saturated carbocycles. The number of benzene rings is 3. The van der Waals surface area contributed by atoms with Crippen molar-refractivity contribution in [3.05, 3.63) is 76.8 Å². The third-order valence-electron chi connectivity index (χ3n) is 3.29. The minimum absolute atomic E-state index is 0.192. The van der Waals surface area contributed by atoms with Crippen LogP contribution >= 0.6 is 11.6 Å². The lowest BCUT2D eigenvalue weighted by Gasteiger charge is -2.07. The minimum Gasteiger partial charge on any atom is -0.422 e. The second kappa shape index (κ2) is 6.00. The molecule has 0 aliphatic heterocycles. The topological polar surface area (TPSA) is 43.4 Å². The Morgan fingerprint density at radius 2 is 1.73 bits per heavy atom. The number of carbonyl (C=O) groups is 2. The van der Waals surface area contributed by atoms with Crippen LogP contribution in [0.3, 0.4) is 0 Å². The highest BCUT2D eigenvalue weighted by atomic mass is 35.5. The molecule has 0 radical (unpaired) electrons. The van der Waals surface area contributed by atoms with Gasteiger partial charge in [0.25, 0.3) is 0 Å². The lowest BCUT2D eigenvalue weighted by Crippen LogP contribution is -2.09. The van der Waals surface area contributed by atoms with Gasteiger partial charge >= 0.3 is 5.97 Å². The van der Waals surface area contributed by atoms with E-state index in [4.69, 9.17) is 16.3 Å². The summed E-state index contributed by atoms with van der Waals surface area (Å²) in [6.07, 6.45) is 0.606. The highest BCUT2D eigenvalue weighted by molar-refractivity contribution is 6.30. The molecular formula is C18H11ClO3. The first-order valence-electron chi connectivity index (χ1n) is 6.63. The van der Waals surface area contributed by atoms with Crippen LogP contribution in [0.2, 0.25) is 5.02 Å². The number of halogens is 1. The first kappa shape index (κ1) is 14.3. The van der Waals surface area contributed by atoms with Crippen molar-refractivity contribution in [2.45, 2.75) is 0 Å². The molecule has 0 aliphatic carbocycles. The van der Waals surface area contributed by atoms with Gasteiger partial charge in [0.05, 0.1) is 11.1 Å². The van der Waals surface area contributed by atoms with Crippen LogP contribution in [-0.2, 0) is 0 Å². The van der Waals surface area contributed by atoms with Gasteiger partial charge in [0, 0.05) is 5.02 Å². The summed E-state index contributed by atoms with van der Waals surface area (Å²) in [6.45, 7) is 0. The number of carbonyl (C=O) groups excluding carboxylic acids is 2. The van der Waals surface area contributed by atoms with Gasteiger partial charge in [0.2, 0.25) is 0 Å². The number of hydrogen-bond donors (Lipinski definition) is 0. The summed E-state index contributed by atoms with van der Waals surface area (Å²) in [7, 11) is 0. The Bertz CT molecular complexity index is 871. The highest BCUT2D eigenvalue weighted by Gasteiger charge is 2.12. The molecule has 0 fully saturated rings. The summed E-state index contributed by atoms with van der Waals surface area (Å²) < 4.78 is 5.30. The molecule has 0 bridgehead atoms. The Kier molecular flexibility index (Phi) is 3.90. The van der Waals surface area contributed by atoms with E-state index in [1.165, 1.54) is 12.1 Å². The number of aldehydes is 1. The van der Waals surface area contributed by atoms with Gasteiger partial charge in [-0.05, 0) is 41.1 Å². The maximum absolute atomic E-state index is 12.2. The highest BCUT2D eigenvalue weighted by Crippen LogP contribution is 2.23. The molecule has 3 rings (SSSR count). The maximum Gasteiger partial charge on any atom is 0.343 e. The maximum atomic E-state index is 12.2. The molecule has 0 aliphatic rings. The molecule has 3 aromatic carbocycles. The second-order valence-corrected chi connectivity index (χ2v) is 5.19. The molecule has 108 valence electrons. The zero-order chi connectivity index (χ0) is 15.5. The largest absolute Gasteiger partial charge is 0.422 e. The van der Waals surface area contributed by atoms with E-state index in [1.807, 2.05) is 30.3 Å². The first-order chi connectivity index (χ1) is 10.7. The van der Waals surface area contributed by atoms with Crippen molar-refractivity contribution in [1.82, 2.24) is 0 Å². The molecule has 3 aromatic rings. The standard InChI is InChI=1S/C18H11ClO3/c19-16-7-8-17(15(10-16)11-20)22-18(21)14-6-5-12-3-1-2-4-13(12)9-14/h1-11H. The van der Waals surface area contributed by atoms with Crippen LogP contribution in [0, 0.1) is 0 Å². The van der Waals surface area contributed by atoms with Gasteiger partial charge in [-0.2, -0.15) is 0 Å². The zero-order valence-electron chi connectivity index (χ0n) is 11.5. The average Bonchev–Trinajstić information content (AvgIpc) is 2.55. The van der Waals surface area contributed by atoms with Crippen molar-refractivity contribution < 1.29 is 14.3 Å². The monoisotopic (exact) mass is 310 g/mol. The van der Waals surface area contributed by atoms with Gasteiger partial charge in [0.15, 0.2) is 6.29 Å². The van der Waals surface area contributed by atoms with Crippen LogP contribution in [0.4, 0.5) is 0 Å². The van der Waals surface area contributed by atoms with Crippen molar-refractivity contribution in [3.8, 4) is 5.75 Å². The van der Waals surface area contributed by atoms with E-state index in [-0.39, 0.29) is 11.3 Å². The van der Waals surface area contributed by atoms with Gasteiger partial charge in [-0.25, -0.2) is 4.79 Å². The number of hydrogen-bond acceptors (Lipinski definition) is 3. The molecule has 0 amide bonds. The van der Waals surface area contributed by atoms with Crippen molar-refractivity contribution in [2.24, 2.45) is 0 Å². The first-order valence-corrected chi connectivity index (χ1v) is 7.01. The predicted octanol–water partition coefficient (Wildman–Crippen LogP) is 4.52. The van der Waals surface area contributed by atoms with Crippen LogP contribution in [0.5, 0.6) is 5.75 Å². The molecule has 4 heteroatoms. The average molecular weight is 311 g/mol. The molecule has 3 nitrogen and oxygen atoms in total. The normalized spacial score (nSPS) is 10.4. The summed E-state index contributed by atoms with van der Waals surface area (Å²) in [5, 5.41) is 2.40. The SMILES string of the molecule is O=Cc1cc(Cl)ccc1OC(=O)c1ccc2ccccc2c1. The van der Waals surface area contributed by atoms with Crippen molar-refractivity contribution in [3.63, 3.8) is 0 Å². The van der Waals surface area contributed by atoms with Crippen molar-refractivity contribution in [2.75, 3.05) is 0 Å². The fourth-order valence-electron chi connectivity index (χ4n) is 2.18. The second-order valence-electron chi connectivity index (χ2n) is 4.75. The van der Waals surface area contributed by atoms with Gasteiger partial charge in [-0.15, -0.1) is 0 Å². The molecule has 0 aromatic heterocycles. The van der Waals surface area contributed by atoms with Crippen LogP contribution in [0.1, 0.15) is 20.7 Å². The van der Waals surface area contributed by atoms with E-state index in [0.29, 0.717) is 16.9 Å². The van der Waals surface area contributed by atoms with Gasteiger partial charge in [-0.3, -0.25) is 4.79 Å². The van der Waals surface area contributed by atoms with E-state index in [1.54, 1.807) is 18.2 Å². The summed E-state index contributed by atoms with van der Waals surface area (Å²) in [5.41, 5.74) is 0.659. The Labute approximate surface area is 132 Å². The third kappa shape index (κ3) is 2.85. The van der Waals surface area contributed by atoms with Gasteiger partial charge in [0.1, 0.15) is 5.75 Å². The molecule has 0 unspecified atom stereocenters. The van der Waals surface area contributed by atoms with E-state index in [2.05, 4.69) is 0 Å². The van der Waals surface area contributed by atoms with E-state index in [0.717, 1.165) is 10.8 Å². The van der Waals surface area contributed by atoms with Crippen molar-refractivity contribution >= 4 is 34.6 Å². The fraction of sp³-hybridized carbons (Fsp3) is 0. The summed E-state index contributed by atoms with van der Waals surface area (Å²) in [4.78, 5) is 23.3. The zero-order valence-corrected chi connectivity index (χ0v) is 12.2. The number of rotatable bonds is 3. The Morgan fingerprint density at radius 1 is 0.955 bits per heavy atom. The molecule has 22 heavy (non-hydrogen) atoms. The quantitative estimate of drug-likeness (QED) is 0.406. The van der Waals surface area contributed by atoms with Crippen LogP contribution in [0.25, 0.3) is 10.8 Å². The molecule has 0 atom stereocenters. The number of fused-ring (bicyclic) bond motifs is 1. The van der Waals surface area contributed by atoms with E-state index >= 15 is 0 Å². The number of esters is 1. The Hall–Kier alpha value is -2.65. The minimum atomic E-state index is -0.517. The molecule has 0 saturated heterocycles. The summed E-state index contributed by atoms with van der Waals surface area (Å²) in [6, 6.07) is 17.6. The van der Waals surface area contributed by atoms with Gasteiger partial charge in [-0.1, -0.05) is 41.9 Å². The van der Waals surface area contributed by atoms with Crippen LogP contribution in [0.15, 0.2) is 60.7 Å². The predicted molar refractivity (Wildman–Crippen MR) is 85.7 cm³/mol. The van der Waals surface area contributed by atoms with Gasteiger partial charge < -0.3 is 4.74 Å². The summed E-state index contributed by atoms with van der Waals surface area (Å²) in [5.74, 6) is -0.325. The lowest BCUT2D eigenvalue weighted by molar-refractivity contribution is 0.0733. The van der Waals surface area contributed by atoms with Crippen LogP contribution < -0.4 is 4.74 Å². The van der Waals surface area contributed by atoms with E-state index < -0.39 is 5.97 Å². The molecule has 0 N–H and O–H groups in total. The smallest absolute Gasteiger partial charge is 0.343 e. The fourth-order valence-corrected chi connectivity index (χ4v) is 2.36. The molecule has 0 heterocycles. The Morgan fingerprint density at radius 3 is 2.50 bits per heavy atom. The lowest BCUT2D eigenvalue weighted by atomic mass is 10.1. The number of ether oxygens (including phenoxy) is 1.